The lowest BCUT2D eigenvalue weighted by Gasteiger charge is -2.20. The maximum absolute atomic E-state index is 11.4. The SMILES string of the molecule is CO[C@@H]1OC(=O)C2C3CCC(O3)C21. The molecule has 3 aliphatic rings. The van der Waals surface area contributed by atoms with Crippen LogP contribution in [0.5, 0.6) is 0 Å². The van der Waals surface area contributed by atoms with Crippen LogP contribution in [0.4, 0.5) is 0 Å². The summed E-state index contributed by atoms with van der Waals surface area (Å²) in [5, 5.41) is 0. The summed E-state index contributed by atoms with van der Waals surface area (Å²) in [5.74, 6) is -0.0380. The molecule has 0 aromatic carbocycles. The van der Waals surface area contributed by atoms with Gasteiger partial charge in [-0.1, -0.05) is 0 Å². The summed E-state index contributed by atoms with van der Waals surface area (Å²) in [7, 11) is 1.58. The lowest BCUT2D eigenvalue weighted by Crippen LogP contribution is -2.31. The van der Waals surface area contributed by atoms with Crippen LogP contribution >= 0.6 is 0 Å². The van der Waals surface area contributed by atoms with E-state index in [1.54, 1.807) is 7.11 Å². The number of methoxy groups -OCH3 is 1. The van der Waals surface area contributed by atoms with Crippen molar-refractivity contribution in [3.05, 3.63) is 0 Å². The number of esters is 1. The van der Waals surface area contributed by atoms with E-state index in [0.29, 0.717) is 0 Å². The maximum Gasteiger partial charge on any atom is 0.314 e. The highest BCUT2D eigenvalue weighted by Gasteiger charge is 2.61. The number of carbonyl (C=O) groups excluding carboxylic acids is 1. The summed E-state index contributed by atoms with van der Waals surface area (Å²) in [6, 6.07) is 0. The highest BCUT2D eigenvalue weighted by molar-refractivity contribution is 5.76. The Hall–Kier alpha value is -0.610. The highest BCUT2D eigenvalue weighted by Crippen LogP contribution is 2.49. The molecule has 3 rings (SSSR count). The molecule has 4 unspecified atom stereocenters. The van der Waals surface area contributed by atoms with Crippen LogP contribution in [0.15, 0.2) is 0 Å². The van der Waals surface area contributed by atoms with Gasteiger partial charge < -0.3 is 14.2 Å². The van der Waals surface area contributed by atoms with Crippen LogP contribution in [-0.2, 0) is 19.0 Å². The predicted octanol–water partition coefficient (Wildman–Crippen LogP) is 0.309. The Balaban J connectivity index is 1.92. The van der Waals surface area contributed by atoms with Crippen molar-refractivity contribution in [2.75, 3.05) is 7.11 Å². The maximum atomic E-state index is 11.4. The van der Waals surface area contributed by atoms with Gasteiger partial charge in [0.15, 0.2) is 0 Å². The van der Waals surface area contributed by atoms with Crippen LogP contribution in [0.1, 0.15) is 12.8 Å². The Bertz CT molecular complexity index is 252. The molecule has 3 heterocycles. The molecule has 0 radical (unpaired) electrons. The molecule has 3 fully saturated rings. The van der Waals surface area contributed by atoms with Crippen LogP contribution in [0.25, 0.3) is 0 Å². The van der Waals surface area contributed by atoms with Gasteiger partial charge in [0, 0.05) is 7.11 Å². The van der Waals surface area contributed by atoms with Crippen molar-refractivity contribution in [1.82, 2.24) is 0 Å². The molecule has 0 N–H and O–H groups in total. The first-order valence-electron chi connectivity index (χ1n) is 4.70. The van der Waals surface area contributed by atoms with Crippen LogP contribution in [0, 0.1) is 11.8 Å². The number of cyclic esters (lactones) is 1. The molecule has 4 heteroatoms. The smallest absolute Gasteiger partial charge is 0.314 e. The third kappa shape index (κ3) is 0.849. The van der Waals surface area contributed by atoms with Gasteiger partial charge in [-0.2, -0.15) is 0 Å². The molecule has 0 aromatic heterocycles. The quantitative estimate of drug-likeness (QED) is 0.550. The van der Waals surface area contributed by atoms with E-state index in [2.05, 4.69) is 0 Å². The van der Waals surface area contributed by atoms with E-state index < -0.39 is 0 Å². The van der Waals surface area contributed by atoms with Gasteiger partial charge in [-0.05, 0) is 12.8 Å². The van der Waals surface area contributed by atoms with Crippen molar-refractivity contribution in [1.29, 1.82) is 0 Å². The van der Waals surface area contributed by atoms with Crippen molar-refractivity contribution < 1.29 is 19.0 Å². The van der Waals surface area contributed by atoms with Crippen molar-refractivity contribution >= 4 is 5.97 Å². The molecule has 3 saturated heterocycles. The number of carbonyl (C=O) groups is 1. The zero-order valence-electron chi connectivity index (χ0n) is 7.43. The fraction of sp³-hybridized carbons (Fsp3) is 0.889. The van der Waals surface area contributed by atoms with Gasteiger partial charge in [-0.15, -0.1) is 0 Å². The second-order valence-corrected chi connectivity index (χ2v) is 3.93. The minimum Gasteiger partial charge on any atom is -0.435 e. The van der Waals surface area contributed by atoms with Crippen molar-refractivity contribution in [3.8, 4) is 0 Å². The fourth-order valence-electron chi connectivity index (χ4n) is 2.85. The Morgan fingerprint density at radius 1 is 1.38 bits per heavy atom. The van der Waals surface area contributed by atoms with Crippen LogP contribution in [-0.4, -0.2) is 31.6 Å². The fourth-order valence-corrected chi connectivity index (χ4v) is 2.85. The third-order valence-corrected chi connectivity index (χ3v) is 3.38. The molecule has 0 spiro atoms. The second-order valence-electron chi connectivity index (χ2n) is 3.93. The Morgan fingerprint density at radius 3 is 2.92 bits per heavy atom. The number of rotatable bonds is 1. The topological polar surface area (TPSA) is 44.8 Å². The Kier molecular flexibility index (Phi) is 1.46. The zero-order chi connectivity index (χ0) is 9.00. The molecular weight excluding hydrogens is 172 g/mol. The molecule has 0 aliphatic carbocycles. The predicted molar refractivity (Wildman–Crippen MR) is 41.8 cm³/mol. The average Bonchev–Trinajstić information content (AvgIpc) is 2.76. The average molecular weight is 184 g/mol. The lowest BCUT2D eigenvalue weighted by atomic mass is 9.81. The van der Waals surface area contributed by atoms with Gasteiger partial charge in [-0.25, -0.2) is 0 Å². The van der Waals surface area contributed by atoms with Crippen molar-refractivity contribution in [2.45, 2.75) is 31.3 Å². The molecule has 3 aliphatic heterocycles. The zero-order valence-corrected chi connectivity index (χ0v) is 7.43. The van der Waals surface area contributed by atoms with Crippen LogP contribution in [0.3, 0.4) is 0 Å². The van der Waals surface area contributed by atoms with E-state index in [-0.39, 0.29) is 36.3 Å². The molecule has 72 valence electrons. The van der Waals surface area contributed by atoms with E-state index >= 15 is 0 Å². The summed E-state index contributed by atoms with van der Waals surface area (Å²) in [5.41, 5.74) is 0. The molecule has 13 heavy (non-hydrogen) atoms. The van der Waals surface area contributed by atoms with E-state index in [0.717, 1.165) is 12.8 Å². The third-order valence-electron chi connectivity index (χ3n) is 3.38. The van der Waals surface area contributed by atoms with Gasteiger partial charge in [0.2, 0.25) is 6.29 Å². The van der Waals surface area contributed by atoms with Crippen LogP contribution < -0.4 is 0 Å². The summed E-state index contributed by atoms with van der Waals surface area (Å²) < 4.78 is 15.9. The van der Waals surface area contributed by atoms with Gasteiger partial charge in [0.05, 0.1) is 24.0 Å². The first-order valence-corrected chi connectivity index (χ1v) is 4.70. The van der Waals surface area contributed by atoms with Gasteiger partial charge in [0.1, 0.15) is 0 Å². The molecule has 5 atom stereocenters. The van der Waals surface area contributed by atoms with E-state index in [4.69, 9.17) is 14.2 Å². The lowest BCUT2D eigenvalue weighted by molar-refractivity contribution is -0.168. The Labute approximate surface area is 76.1 Å². The largest absolute Gasteiger partial charge is 0.435 e. The van der Waals surface area contributed by atoms with Gasteiger partial charge in [-0.3, -0.25) is 4.79 Å². The standard InChI is InChI=1S/C9H12O4/c1-11-9-7-5-3-2-4(12-5)6(7)8(10)13-9/h4-7,9H,2-3H2,1H3/t4?,5?,6?,7?,9-/m1/s1. The first-order chi connectivity index (χ1) is 6.31. The summed E-state index contributed by atoms with van der Waals surface area (Å²) in [4.78, 5) is 11.4. The molecule has 0 aromatic rings. The minimum atomic E-state index is -0.368. The normalized spacial score (nSPS) is 52.4. The Morgan fingerprint density at radius 2 is 2.15 bits per heavy atom. The molecule has 0 saturated carbocycles. The monoisotopic (exact) mass is 184 g/mol. The van der Waals surface area contributed by atoms with Crippen LogP contribution in [0.2, 0.25) is 0 Å². The molecular formula is C9H12O4. The number of hydrogen-bond donors (Lipinski definition) is 0. The minimum absolute atomic E-state index is 0.0521. The first kappa shape index (κ1) is 7.76. The molecule has 2 bridgehead atoms. The summed E-state index contributed by atoms with van der Waals surface area (Å²) in [6.07, 6.45) is 1.96. The van der Waals surface area contributed by atoms with Gasteiger partial charge in [0.25, 0.3) is 0 Å². The number of ether oxygens (including phenoxy) is 3. The number of hydrogen-bond acceptors (Lipinski definition) is 4. The van der Waals surface area contributed by atoms with Crippen molar-refractivity contribution in [3.63, 3.8) is 0 Å². The second kappa shape index (κ2) is 2.45. The molecule has 4 nitrogen and oxygen atoms in total. The number of fused-ring (bicyclic) bond motifs is 5. The van der Waals surface area contributed by atoms with E-state index in [1.165, 1.54) is 0 Å². The van der Waals surface area contributed by atoms with E-state index in [9.17, 15) is 4.79 Å². The highest BCUT2D eigenvalue weighted by atomic mass is 16.7. The van der Waals surface area contributed by atoms with Gasteiger partial charge >= 0.3 is 5.97 Å². The molecule has 0 amide bonds. The summed E-state index contributed by atoms with van der Waals surface area (Å²) >= 11 is 0. The van der Waals surface area contributed by atoms with Crippen molar-refractivity contribution in [2.24, 2.45) is 11.8 Å². The summed E-state index contributed by atoms with van der Waals surface area (Å²) in [6.45, 7) is 0. The van der Waals surface area contributed by atoms with E-state index in [1.807, 2.05) is 0 Å².